The molecular weight excluding hydrogens is 216 g/mol. The largest absolute Gasteiger partial charge is 0.396 e. The van der Waals surface area contributed by atoms with Crippen LogP contribution >= 0.6 is 0 Å². The summed E-state index contributed by atoms with van der Waals surface area (Å²) < 4.78 is 47.0. The molecule has 7 heteroatoms. The van der Waals surface area contributed by atoms with Crippen molar-refractivity contribution >= 4 is 10.0 Å². The average Bonchev–Trinajstić information content (AvgIpc) is 2.53. The number of halogens is 2. The second-order valence-corrected chi connectivity index (χ2v) is 5.23. The minimum atomic E-state index is -4.41. The number of aliphatic hydroxyl groups is 1. The first-order chi connectivity index (χ1) is 6.48. The number of hydrogen-bond acceptors (Lipinski definition) is 3. The molecule has 1 rings (SSSR count). The fourth-order valence-electron chi connectivity index (χ4n) is 1.56. The van der Waals surface area contributed by atoms with E-state index in [1.165, 1.54) is 0 Å². The van der Waals surface area contributed by atoms with Crippen molar-refractivity contribution in [1.29, 1.82) is 0 Å². The maximum atomic E-state index is 12.1. The van der Waals surface area contributed by atoms with Gasteiger partial charge in [0, 0.05) is 19.7 Å². The Hall–Kier alpha value is -0.270. The van der Waals surface area contributed by atoms with Crippen molar-refractivity contribution in [1.82, 2.24) is 4.31 Å². The van der Waals surface area contributed by atoms with Gasteiger partial charge in [0.25, 0.3) is 10.0 Å². The van der Waals surface area contributed by atoms with E-state index in [2.05, 4.69) is 0 Å². The van der Waals surface area contributed by atoms with Gasteiger partial charge in [-0.3, -0.25) is 0 Å². The molecule has 0 radical (unpaired) electrons. The summed E-state index contributed by atoms with van der Waals surface area (Å²) >= 11 is 0. The van der Waals surface area contributed by atoms with Gasteiger partial charge in [-0.25, -0.2) is 8.42 Å². The molecule has 0 amide bonds. The van der Waals surface area contributed by atoms with E-state index in [-0.39, 0.29) is 25.6 Å². The Kier molecular flexibility index (Phi) is 3.79. The molecule has 1 unspecified atom stereocenters. The minimum Gasteiger partial charge on any atom is -0.396 e. The van der Waals surface area contributed by atoms with Gasteiger partial charge in [0.05, 0.1) is 0 Å². The van der Waals surface area contributed by atoms with Gasteiger partial charge in [-0.2, -0.15) is 13.1 Å². The van der Waals surface area contributed by atoms with Crippen molar-refractivity contribution in [3.8, 4) is 0 Å². The van der Waals surface area contributed by atoms with Gasteiger partial charge < -0.3 is 5.11 Å². The maximum absolute atomic E-state index is 12.1. The highest BCUT2D eigenvalue weighted by atomic mass is 32.2. The molecule has 1 fully saturated rings. The molecule has 1 heterocycles. The Bertz CT molecular complexity index is 281. The number of hydrogen-bond donors (Lipinski definition) is 1. The predicted octanol–water partition coefficient (Wildman–Crippen LogP) is 0.243. The molecule has 0 aromatic heterocycles. The fourth-order valence-corrected chi connectivity index (χ4v) is 2.56. The molecule has 1 aliphatic rings. The molecule has 4 nitrogen and oxygen atoms in total. The van der Waals surface area contributed by atoms with E-state index >= 15 is 0 Å². The molecule has 0 aromatic carbocycles. The lowest BCUT2D eigenvalue weighted by molar-refractivity contribution is 0.220. The lowest BCUT2D eigenvalue weighted by Crippen LogP contribution is -2.33. The molecule has 0 saturated carbocycles. The maximum Gasteiger partial charge on any atom is 0.350 e. The van der Waals surface area contributed by atoms with Gasteiger partial charge in [-0.05, 0) is 18.8 Å². The van der Waals surface area contributed by atoms with Crippen LogP contribution in [0.1, 0.15) is 12.8 Å². The first-order valence-electron chi connectivity index (χ1n) is 4.36. The van der Waals surface area contributed by atoms with Crippen LogP contribution in [0, 0.1) is 5.92 Å². The van der Waals surface area contributed by atoms with E-state index in [4.69, 9.17) is 5.11 Å². The number of alkyl halides is 2. The summed E-state index contributed by atoms with van der Waals surface area (Å²) in [6, 6.07) is 0. The molecule has 1 atom stereocenters. The van der Waals surface area contributed by atoms with Gasteiger partial charge in [0.2, 0.25) is 0 Å². The van der Waals surface area contributed by atoms with Crippen molar-refractivity contribution in [3.63, 3.8) is 0 Å². The number of sulfonamides is 1. The summed E-state index contributed by atoms with van der Waals surface area (Å²) in [5.41, 5.74) is 0. The summed E-state index contributed by atoms with van der Waals surface area (Å²) in [5.74, 6) is -3.33. The molecule has 0 aliphatic carbocycles. The molecule has 1 saturated heterocycles. The minimum absolute atomic E-state index is 0.00789. The van der Waals surface area contributed by atoms with Crippen LogP contribution < -0.4 is 0 Å². The van der Waals surface area contributed by atoms with Crippen LogP contribution in [0.3, 0.4) is 0 Å². The van der Waals surface area contributed by atoms with Gasteiger partial charge in [-0.15, -0.1) is 0 Å². The Balaban J connectivity index is 2.58. The number of aliphatic hydroxyl groups excluding tert-OH is 1. The van der Waals surface area contributed by atoms with E-state index in [0.717, 1.165) is 4.31 Å². The van der Waals surface area contributed by atoms with E-state index in [9.17, 15) is 17.2 Å². The summed E-state index contributed by atoms with van der Waals surface area (Å²) in [4.78, 5) is 0. The highest BCUT2D eigenvalue weighted by Gasteiger charge is 2.36. The van der Waals surface area contributed by atoms with Gasteiger partial charge in [0.1, 0.15) is 0 Å². The highest BCUT2D eigenvalue weighted by Crippen LogP contribution is 2.24. The van der Waals surface area contributed by atoms with Gasteiger partial charge in [0.15, 0.2) is 0 Å². The SMILES string of the molecule is O=S(=O)(C(F)F)N1CCC(CCO)C1. The van der Waals surface area contributed by atoms with Crippen LogP contribution in [0.25, 0.3) is 0 Å². The normalized spacial score (nSPS) is 24.7. The van der Waals surface area contributed by atoms with Crippen LogP contribution in [0.4, 0.5) is 8.78 Å². The van der Waals surface area contributed by atoms with Gasteiger partial charge in [-0.1, -0.05) is 0 Å². The molecule has 1 N–H and O–H groups in total. The third kappa shape index (κ3) is 2.40. The molecule has 14 heavy (non-hydrogen) atoms. The third-order valence-corrected chi connectivity index (χ3v) is 3.87. The topological polar surface area (TPSA) is 57.6 Å². The Labute approximate surface area is 81.6 Å². The van der Waals surface area contributed by atoms with E-state index in [1.54, 1.807) is 0 Å². The summed E-state index contributed by atoms with van der Waals surface area (Å²) in [7, 11) is -4.41. The quantitative estimate of drug-likeness (QED) is 0.751. The number of rotatable bonds is 4. The number of nitrogens with zero attached hydrogens (tertiary/aromatic N) is 1. The van der Waals surface area contributed by atoms with Crippen LogP contribution in [-0.4, -0.2) is 43.3 Å². The predicted molar refractivity (Wildman–Crippen MR) is 46.3 cm³/mol. The zero-order chi connectivity index (χ0) is 10.8. The fraction of sp³-hybridized carbons (Fsp3) is 1.00. The monoisotopic (exact) mass is 229 g/mol. The average molecular weight is 229 g/mol. The molecule has 0 bridgehead atoms. The van der Waals surface area contributed by atoms with Gasteiger partial charge >= 0.3 is 5.76 Å². The highest BCUT2D eigenvalue weighted by molar-refractivity contribution is 7.89. The van der Waals surface area contributed by atoms with Crippen molar-refractivity contribution in [2.45, 2.75) is 18.6 Å². The molecule has 0 spiro atoms. The lowest BCUT2D eigenvalue weighted by atomic mass is 10.1. The zero-order valence-corrected chi connectivity index (χ0v) is 8.38. The van der Waals surface area contributed by atoms with Crippen LogP contribution in [0.15, 0.2) is 0 Å². The van der Waals surface area contributed by atoms with Crippen molar-refractivity contribution in [2.75, 3.05) is 19.7 Å². The van der Waals surface area contributed by atoms with Crippen LogP contribution in [0.5, 0.6) is 0 Å². The third-order valence-electron chi connectivity index (χ3n) is 2.37. The molecular formula is C7H13F2NO3S. The Morgan fingerprint density at radius 3 is 2.64 bits per heavy atom. The lowest BCUT2D eigenvalue weighted by Gasteiger charge is -2.15. The standard InChI is InChI=1S/C7H13F2NO3S/c8-7(9)14(12,13)10-3-1-6(5-10)2-4-11/h6-7,11H,1-5H2. The van der Waals surface area contributed by atoms with Crippen molar-refractivity contribution in [3.05, 3.63) is 0 Å². The van der Waals surface area contributed by atoms with E-state index in [1.807, 2.05) is 0 Å². The first kappa shape index (κ1) is 11.8. The van der Waals surface area contributed by atoms with Crippen molar-refractivity contribution < 1.29 is 22.3 Å². The zero-order valence-electron chi connectivity index (χ0n) is 7.57. The van der Waals surface area contributed by atoms with Crippen LogP contribution in [0.2, 0.25) is 0 Å². The summed E-state index contributed by atoms with van der Waals surface area (Å²) in [6.45, 7) is 0.206. The smallest absolute Gasteiger partial charge is 0.350 e. The second-order valence-electron chi connectivity index (χ2n) is 3.33. The molecule has 0 aromatic rings. The van der Waals surface area contributed by atoms with Crippen molar-refractivity contribution in [2.24, 2.45) is 5.92 Å². The summed E-state index contributed by atoms with van der Waals surface area (Å²) in [5, 5.41) is 8.61. The van der Waals surface area contributed by atoms with E-state index in [0.29, 0.717) is 12.8 Å². The summed E-state index contributed by atoms with van der Waals surface area (Å²) in [6.07, 6.45) is 1.02. The Morgan fingerprint density at radius 1 is 1.50 bits per heavy atom. The Morgan fingerprint density at radius 2 is 2.14 bits per heavy atom. The van der Waals surface area contributed by atoms with Crippen LogP contribution in [-0.2, 0) is 10.0 Å². The molecule has 1 aliphatic heterocycles. The van der Waals surface area contributed by atoms with E-state index < -0.39 is 15.8 Å². The molecule has 84 valence electrons. The first-order valence-corrected chi connectivity index (χ1v) is 5.86. The second kappa shape index (κ2) is 4.50.